The molecule has 0 spiro atoms. The van der Waals surface area contributed by atoms with Gasteiger partial charge in [0.2, 0.25) is 11.8 Å². The van der Waals surface area contributed by atoms with E-state index in [1.54, 1.807) is 25.3 Å². The SMILES string of the molecule is CC[C@@H](C)NC(=O)[C@@H](CC)N(Cc1ccc(OC)cc1)C(=O)Cc1c(F)cccc1Cl. The zero-order valence-corrected chi connectivity index (χ0v) is 19.2. The van der Waals surface area contributed by atoms with E-state index in [2.05, 4.69) is 5.32 Å². The zero-order chi connectivity index (χ0) is 23.0. The van der Waals surface area contributed by atoms with Crippen LogP contribution in [0.4, 0.5) is 4.39 Å². The van der Waals surface area contributed by atoms with Gasteiger partial charge in [0.25, 0.3) is 0 Å². The number of hydrogen-bond acceptors (Lipinski definition) is 3. The zero-order valence-electron chi connectivity index (χ0n) is 18.5. The highest BCUT2D eigenvalue weighted by molar-refractivity contribution is 6.31. The average molecular weight is 449 g/mol. The summed E-state index contributed by atoms with van der Waals surface area (Å²) in [7, 11) is 1.58. The van der Waals surface area contributed by atoms with Crippen LogP contribution in [0.2, 0.25) is 5.02 Å². The first-order chi connectivity index (χ1) is 14.8. The Labute approximate surface area is 188 Å². The molecule has 0 aliphatic carbocycles. The van der Waals surface area contributed by atoms with Gasteiger partial charge in [-0.15, -0.1) is 0 Å². The number of carbonyl (C=O) groups is 2. The Kier molecular flexibility index (Phi) is 9.31. The highest BCUT2D eigenvalue weighted by atomic mass is 35.5. The molecule has 0 aromatic heterocycles. The van der Waals surface area contributed by atoms with Gasteiger partial charge >= 0.3 is 0 Å². The van der Waals surface area contributed by atoms with Gasteiger partial charge in [-0.25, -0.2) is 4.39 Å². The highest BCUT2D eigenvalue weighted by Crippen LogP contribution is 2.22. The van der Waals surface area contributed by atoms with E-state index in [-0.39, 0.29) is 41.4 Å². The summed E-state index contributed by atoms with van der Waals surface area (Å²) < 4.78 is 19.5. The van der Waals surface area contributed by atoms with Gasteiger partial charge in [0, 0.05) is 23.2 Å². The lowest BCUT2D eigenvalue weighted by molar-refractivity contribution is -0.141. The first-order valence-electron chi connectivity index (χ1n) is 10.5. The third kappa shape index (κ3) is 6.69. The lowest BCUT2D eigenvalue weighted by atomic mass is 10.1. The molecule has 0 radical (unpaired) electrons. The van der Waals surface area contributed by atoms with Crippen molar-refractivity contribution in [1.29, 1.82) is 0 Å². The monoisotopic (exact) mass is 448 g/mol. The number of halogens is 2. The Balaban J connectivity index is 2.34. The Morgan fingerprint density at radius 3 is 2.35 bits per heavy atom. The molecule has 2 aromatic carbocycles. The van der Waals surface area contributed by atoms with Crippen molar-refractivity contribution in [3.8, 4) is 5.75 Å². The maximum absolute atomic E-state index is 14.3. The van der Waals surface area contributed by atoms with Crippen molar-refractivity contribution in [3.63, 3.8) is 0 Å². The molecule has 1 N–H and O–H groups in total. The molecule has 168 valence electrons. The quantitative estimate of drug-likeness (QED) is 0.570. The van der Waals surface area contributed by atoms with Crippen LogP contribution in [0, 0.1) is 5.82 Å². The fourth-order valence-electron chi connectivity index (χ4n) is 3.24. The molecular formula is C24H30ClFN2O3. The number of nitrogens with one attached hydrogen (secondary N) is 1. The number of carbonyl (C=O) groups excluding carboxylic acids is 2. The smallest absolute Gasteiger partial charge is 0.243 e. The molecule has 0 bridgehead atoms. The standard InChI is InChI=1S/C24H30ClFN2O3/c1-5-16(3)27-24(30)22(6-2)28(15-17-10-12-18(31-4)13-11-17)23(29)14-19-20(25)8-7-9-21(19)26/h7-13,16,22H,5-6,14-15H2,1-4H3,(H,27,30)/t16-,22-/m1/s1. The van der Waals surface area contributed by atoms with Crippen LogP contribution in [0.1, 0.15) is 44.7 Å². The molecule has 0 saturated carbocycles. The van der Waals surface area contributed by atoms with E-state index in [4.69, 9.17) is 16.3 Å². The van der Waals surface area contributed by atoms with Crippen LogP contribution >= 0.6 is 11.6 Å². The second kappa shape index (κ2) is 11.7. The van der Waals surface area contributed by atoms with Crippen LogP contribution in [0.5, 0.6) is 5.75 Å². The van der Waals surface area contributed by atoms with Crippen molar-refractivity contribution in [1.82, 2.24) is 10.2 Å². The van der Waals surface area contributed by atoms with Gasteiger partial charge in [-0.1, -0.05) is 43.6 Å². The molecule has 2 aromatic rings. The van der Waals surface area contributed by atoms with E-state index in [9.17, 15) is 14.0 Å². The molecule has 31 heavy (non-hydrogen) atoms. The maximum atomic E-state index is 14.3. The number of hydrogen-bond donors (Lipinski definition) is 1. The Morgan fingerprint density at radius 1 is 1.13 bits per heavy atom. The number of nitrogens with zero attached hydrogens (tertiary/aromatic N) is 1. The van der Waals surface area contributed by atoms with E-state index in [0.717, 1.165) is 12.0 Å². The number of ether oxygens (including phenoxy) is 1. The van der Waals surface area contributed by atoms with Crippen LogP contribution in [0.25, 0.3) is 0 Å². The second-order valence-corrected chi connectivity index (χ2v) is 7.90. The van der Waals surface area contributed by atoms with Gasteiger partial charge in [0.05, 0.1) is 13.5 Å². The van der Waals surface area contributed by atoms with Crippen molar-refractivity contribution in [2.24, 2.45) is 0 Å². The molecule has 2 atom stereocenters. The molecule has 2 rings (SSSR count). The van der Waals surface area contributed by atoms with Crippen molar-refractivity contribution in [3.05, 3.63) is 64.4 Å². The first-order valence-corrected chi connectivity index (χ1v) is 10.8. The van der Waals surface area contributed by atoms with Gasteiger partial charge in [0.1, 0.15) is 17.6 Å². The number of benzene rings is 2. The van der Waals surface area contributed by atoms with Gasteiger partial charge in [-0.3, -0.25) is 9.59 Å². The summed E-state index contributed by atoms with van der Waals surface area (Å²) in [6.45, 7) is 5.96. The van der Waals surface area contributed by atoms with E-state index in [1.807, 2.05) is 32.9 Å². The average Bonchev–Trinajstić information content (AvgIpc) is 2.76. The van der Waals surface area contributed by atoms with E-state index < -0.39 is 11.9 Å². The third-order valence-electron chi connectivity index (χ3n) is 5.29. The van der Waals surface area contributed by atoms with Crippen LogP contribution < -0.4 is 10.1 Å². The molecule has 0 fully saturated rings. The lowest BCUT2D eigenvalue weighted by Gasteiger charge is -2.31. The van der Waals surface area contributed by atoms with Crippen LogP contribution in [-0.2, 0) is 22.6 Å². The molecule has 0 saturated heterocycles. The van der Waals surface area contributed by atoms with Gasteiger partial charge in [-0.2, -0.15) is 0 Å². The number of rotatable bonds is 10. The minimum absolute atomic E-state index is 0.0134. The van der Waals surface area contributed by atoms with Gasteiger partial charge < -0.3 is 15.0 Å². The lowest BCUT2D eigenvalue weighted by Crippen LogP contribution is -2.51. The summed E-state index contributed by atoms with van der Waals surface area (Å²) in [5, 5.41) is 3.14. The fraction of sp³-hybridized carbons (Fsp3) is 0.417. The molecule has 0 unspecified atom stereocenters. The van der Waals surface area contributed by atoms with E-state index >= 15 is 0 Å². The van der Waals surface area contributed by atoms with Crippen molar-refractivity contribution >= 4 is 23.4 Å². The minimum Gasteiger partial charge on any atom is -0.497 e. The number of amides is 2. The molecule has 0 aliphatic rings. The highest BCUT2D eigenvalue weighted by Gasteiger charge is 2.30. The van der Waals surface area contributed by atoms with Crippen molar-refractivity contribution in [2.45, 2.75) is 58.7 Å². The summed E-state index contributed by atoms with van der Waals surface area (Å²) >= 11 is 6.13. The summed E-state index contributed by atoms with van der Waals surface area (Å²) in [5.74, 6) is -0.434. The third-order valence-corrected chi connectivity index (χ3v) is 5.64. The molecule has 0 aliphatic heterocycles. The molecule has 5 nitrogen and oxygen atoms in total. The fourth-order valence-corrected chi connectivity index (χ4v) is 3.47. The summed E-state index contributed by atoms with van der Waals surface area (Å²) in [6.07, 6.45) is 0.976. The van der Waals surface area contributed by atoms with E-state index in [0.29, 0.717) is 12.2 Å². The predicted octanol–water partition coefficient (Wildman–Crippen LogP) is 4.75. The minimum atomic E-state index is -0.686. The Morgan fingerprint density at radius 2 is 1.81 bits per heavy atom. The van der Waals surface area contributed by atoms with Crippen molar-refractivity contribution in [2.75, 3.05) is 7.11 Å². The molecule has 7 heteroatoms. The number of methoxy groups -OCH3 is 1. The Hall–Kier alpha value is -2.60. The van der Waals surface area contributed by atoms with Crippen LogP contribution in [-0.4, -0.2) is 35.9 Å². The summed E-state index contributed by atoms with van der Waals surface area (Å²) in [4.78, 5) is 27.7. The topological polar surface area (TPSA) is 58.6 Å². The second-order valence-electron chi connectivity index (χ2n) is 7.49. The largest absolute Gasteiger partial charge is 0.497 e. The summed E-state index contributed by atoms with van der Waals surface area (Å²) in [6, 6.07) is 10.9. The maximum Gasteiger partial charge on any atom is 0.243 e. The van der Waals surface area contributed by atoms with E-state index in [1.165, 1.54) is 17.0 Å². The van der Waals surface area contributed by atoms with Crippen LogP contribution in [0.3, 0.4) is 0 Å². The summed E-state index contributed by atoms with van der Waals surface area (Å²) in [5.41, 5.74) is 0.967. The molecule has 2 amide bonds. The Bertz CT molecular complexity index is 869. The van der Waals surface area contributed by atoms with Crippen LogP contribution in [0.15, 0.2) is 42.5 Å². The predicted molar refractivity (Wildman–Crippen MR) is 121 cm³/mol. The molecular weight excluding hydrogens is 419 g/mol. The van der Waals surface area contributed by atoms with Crippen molar-refractivity contribution < 1.29 is 18.7 Å². The first kappa shape index (κ1) is 24.7. The normalized spacial score (nSPS) is 12.7. The molecule has 0 heterocycles. The van der Waals surface area contributed by atoms with Gasteiger partial charge in [0.15, 0.2) is 0 Å². The van der Waals surface area contributed by atoms with Gasteiger partial charge in [-0.05, 0) is 49.6 Å².